The summed E-state index contributed by atoms with van der Waals surface area (Å²) < 4.78 is 24.2. The van der Waals surface area contributed by atoms with Crippen LogP contribution in [-0.2, 0) is 19.4 Å². The average Bonchev–Trinajstić information content (AvgIpc) is 2.46. The molecule has 0 aliphatic rings. The van der Waals surface area contributed by atoms with E-state index >= 15 is 0 Å². The fraction of sp³-hybridized carbons (Fsp3) is 0.429. The number of benzene rings is 1. The number of anilines is 1. The van der Waals surface area contributed by atoms with Gasteiger partial charge in [-0.2, -0.15) is 0 Å². The van der Waals surface area contributed by atoms with Crippen LogP contribution < -0.4 is 4.90 Å². The highest BCUT2D eigenvalue weighted by Crippen LogP contribution is 2.14. The number of para-hydroxylation sites is 1. The number of rotatable bonds is 9. The van der Waals surface area contributed by atoms with Gasteiger partial charge in [0.1, 0.15) is 0 Å². The van der Waals surface area contributed by atoms with Gasteiger partial charge < -0.3 is 15.1 Å². The molecule has 1 atom stereocenters. The van der Waals surface area contributed by atoms with Gasteiger partial charge in [0, 0.05) is 18.8 Å². The molecular weight excluding hydrogens is 310 g/mol. The minimum atomic E-state index is -4.05. The maximum Gasteiger partial charge on any atom is 0.322 e. The number of sulfone groups is 1. The third kappa shape index (κ3) is 5.03. The SMILES string of the molecule is CCN(CCS(=O)(=O)C(CC(=O)O)C(=O)O)c1ccccc1. The zero-order valence-corrected chi connectivity index (χ0v) is 13.0. The minimum absolute atomic E-state index is 0.103. The molecule has 22 heavy (non-hydrogen) atoms. The summed E-state index contributed by atoms with van der Waals surface area (Å²) in [5, 5.41) is 15.7. The second-order valence-electron chi connectivity index (χ2n) is 4.71. The van der Waals surface area contributed by atoms with Crippen LogP contribution >= 0.6 is 0 Å². The molecule has 1 rings (SSSR count). The van der Waals surface area contributed by atoms with Crippen molar-refractivity contribution in [1.82, 2.24) is 0 Å². The zero-order valence-electron chi connectivity index (χ0n) is 12.2. The predicted molar refractivity (Wildman–Crippen MR) is 81.8 cm³/mol. The van der Waals surface area contributed by atoms with E-state index in [1.165, 1.54) is 0 Å². The number of carboxylic acid groups (broad SMARTS) is 2. The third-order valence-electron chi connectivity index (χ3n) is 3.22. The molecule has 0 aliphatic heterocycles. The number of hydrogen-bond acceptors (Lipinski definition) is 5. The van der Waals surface area contributed by atoms with Crippen molar-refractivity contribution in [2.45, 2.75) is 18.6 Å². The lowest BCUT2D eigenvalue weighted by molar-refractivity contribution is -0.143. The van der Waals surface area contributed by atoms with Gasteiger partial charge in [0.15, 0.2) is 15.1 Å². The van der Waals surface area contributed by atoms with Gasteiger partial charge in [-0.15, -0.1) is 0 Å². The molecule has 122 valence electrons. The van der Waals surface area contributed by atoms with Crippen LogP contribution in [-0.4, -0.2) is 54.7 Å². The standard InChI is InChI=1S/C14H19NO6S/c1-2-15(11-6-4-3-5-7-11)8-9-22(20,21)12(14(18)19)10-13(16)17/h3-7,12H,2,8-10H2,1H3,(H,16,17)(H,18,19). The van der Waals surface area contributed by atoms with Crippen LogP contribution in [0.4, 0.5) is 5.69 Å². The van der Waals surface area contributed by atoms with E-state index in [0.29, 0.717) is 6.54 Å². The van der Waals surface area contributed by atoms with Crippen LogP contribution in [0.5, 0.6) is 0 Å². The zero-order chi connectivity index (χ0) is 16.8. The fourth-order valence-corrected chi connectivity index (χ4v) is 3.48. The topological polar surface area (TPSA) is 112 Å². The van der Waals surface area contributed by atoms with Crippen LogP contribution in [0.15, 0.2) is 30.3 Å². The maximum absolute atomic E-state index is 12.1. The molecule has 0 amide bonds. The van der Waals surface area contributed by atoms with Gasteiger partial charge in [-0.1, -0.05) is 18.2 Å². The molecule has 8 heteroatoms. The molecule has 0 fully saturated rings. The number of hydrogen-bond donors (Lipinski definition) is 2. The molecule has 0 spiro atoms. The first kappa shape index (κ1) is 18.0. The van der Waals surface area contributed by atoms with Crippen LogP contribution in [0.1, 0.15) is 13.3 Å². The first-order valence-corrected chi connectivity index (χ1v) is 8.45. The molecule has 1 unspecified atom stereocenters. The molecule has 2 N–H and O–H groups in total. The summed E-state index contributed by atoms with van der Waals surface area (Å²) in [4.78, 5) is 23.4. The molecule has 0 radical (unpaired) electrons. The van der Waals surface area contributed by atoms with Gasteiger partial charge in [-0.3, -0.25) is 9.59 Å². The molecule has 1 aromatic carbocycles. The number of nitrogens with zero attached hydrogens (tertiary/aromatic N) is 1. The van der Waals surface area contributed by atoms with Crippen LogP contribution in [0.25, 0.3) is 0 Å². The van der Waals surface area contributed by atoms with Crippen LogP contribution in [0.3, 0.4) is 0 Å². The van der Waals surface area contributed by atoms with Gasteiger partial charge in [0.25, 0.3) is 0 Å². The molecule has 0 saturated carbocycles. The van der Waals surface area contributed by atoms with Gasteiger partial charge in [0.2, 0.25) is 0 Å². The number of carbonyl (C=O) groups is 2. The quantitative estimate of drug-likeness (QED) is 0.691. The van der Waals surface area contributed by atoms with Crippen molar-refractivity contribution in [3.05, 3.63) is 30.3 Å². The Morgan fingerprint density at radius 1 is 1.18 bits per heavy atom. The van der Waals surface area contributed by atoms with Crippen molar-refractivity contribution in [3.8, 4) is 0 Å². The smallest absolute Gasteiger partial charge is 0.322 e. The molecule has 0 aromatic heterocycles. The van der Waals surface area contributed by atoms with Crippen molar-refractivity contribution < 1.29 is 28.2 Å². The maximum atomic E-state index is 12.1. The number of carboxylic acids is 2. The Bertz CT molecular complexity index is 613. The second-order valence-corrected chi connectivity index (χ2v) is 7.01. The third-order valence-corrected chi connectivity index (χ3v) is 5.20. The molecular formula is C14H19NO6S. The minimum Gasteiger partial charge on any atom is -0.481 e. The summed E-state index contributed by atoms with van der Waals surface area (Å²) in [6.45, 7) is 2.51. The molecule has 0 bridgehead atoms. The van der Waals surface area contributed by atoms with E-state index in [-0.39, 0.29) is 6.54 Å². The second kappa shape index (κ2) is 7.79. The average molecular weight is 329 g/mol. The van der Waals surface area contributed by atoms with Gasteiger partial charge in [-0.25, -0.2) is 8.42 Å². The lowest BCUT2D eigenvalue weighted by atomic mass is 10.3. The molecule has 0 saturated heterocycles. The first-order valence-electron chi connectivity index (χ1n) is 6.74. The summed E-state index contributed by atoms with van der Waals surface area (Å²) >= 11 is 0. The predicted octanol–water partition coefficient (Wildman–Crippen LogP) is 0.856. The largest absolute Gasteiger partial charge is 0.481 e. The summed E-state index contributed by atoms with van der Waals surface area (Å²) in [5.74, 6) is -3.50. The highest BCUT2D eigenvalue weighted by Gasteiger charge is 2.34. The molecule has 0 aliphatic carbocycles. The Morgan fingerprint density at radius 2 is 1.77 bits per heavy atom. The normalized spacial score (nSPS) is 12.6. The first-order chi connectivity index (χ1) is 10.3. The summed E-state index contributed by atoms with van der Waals surface area (Å²) in [6.07, 6.45) is -0.935. The highest BCUT2D eigenvalue weighted by atomic mass is 32.2. The van der Waals surface area contributed by atoms with E-state index in [4.69, 9.17) is 10.2 Å². The molecule has 1 aromatic rings. The molecule has 7 nitrogen and oxygen atoms in total. The van der Waals surface area contributed by atoms with E-state index in [0.717, 1.165) is 5.69 Å². The Labute approximate surface area is 129 Å². The van der Waals surface area contributed by atoms with Crippen molar-refractivity contribution in [3.63, 3.8) is 0 Å². The van der Waals surface area contributed by atoms with E-state index in [1.54, 1.807) is 4.90 Å². The van der Waals surface area contributed by atoms with Gasteiger partial charge >= 0.3 is 11.9 Å². The Kier molecular flexibility index (Phi) is 6.36. The lowest BCUT2D eigenvalue weighted by Crippen LogP contribution is -2.38. The van der Waals surface area contributed by atoms with E-state index in [9.17, 15) is 18.0 Å². The molecule has 0 heterocycles. The van der Waals surface area contributed by atoms with Crippen molar-refractivity contribution in [2.75, 3.05) is 23.7 Å². The van der Waals surface area contributed by atoms with E-state index < -0.39 is 39.2 Å². The van der Waals surface area contributed by atoms with Crippen LogP contribution in [0, 0.1) is 0 Å². The van der Waals surface area contributed by atoms with Crippen molar-refractivity contribution in [1.29, 1.82) is 0 Å². The Morgan fingerprint density at radius 3 is 2.23 bits per heavy atom. The van der Waals surface area contributed by atoms with Gasteiger partial charge in [0.05, 0.1) is 12.2 Å². The van der Waals surface area contributed by atoms with Gasteiger partial charge in [-0.05, 0) is 19.1 Å². The number of aliphatic carboxylic acids is 2. The summed E-state index contributed by atoms with van der Waals surface area (Å²) in [5.41, 5.74) is 0.824. The summed E-state index contributed by atoms with van der Waals surface area (Å²) in [7, 11) is -4.05. The van der Waals surface area contributed by atoms with Crippen molar-refractivity contribution >= 4 is 27.5 Å². The van der Waals surface area contributed by atoms with E-state index in [2.05, 4.69) is 0 Å². The lowest BCUT2D eigenvalue weighted by Gasteiger charge is -2.23. The van der Waals surface area contributed by atoms with Crippen molar-refractivity contribution in [2.24, 2.45) is 0 Å². The Hall–Kier alpha value is -2.09. The van der Waals surface area contributed by atoms with E-state index in [1.807, 2.05) is 37.3 Å². The Balaban J connectivity index is 2.82. The monoisotopic (exact) mass is 329 g/mol. The summed E-state index contributed by atoms with van der Waals surface area (Å²) in [6, 6.07) is 9.11. The van der Waals surface area contributed by atoms with Crippen LogP contribution in [0.2, 0.25) is 0 Å². The fourth-order valence-electron chi connectivity index (χ4n) is 2.01. The highest BCUT2D eigenvalue weighted by molar-refractivity contribution is 7.92.